The normalized spacial score (nSPS) is 10.3. The summed E-state index contributed by atoms with van der Waals surface area (Å²) in [6.07, 6.45) is 0.335. The average Bonchev–Trinajstić information content (AvgIpc) is 2.59. The Morgan fingerprint density at radius 3 is 2.50 bits per heavy atom. The van der Waals surface area contributed by atoms with Crippen molar-refractivity contribution < 1.29 is 14.3 Å². The standard InChI is InChI=1S/C20H23NO3/c1-14-8-10-19(24-3)17(12-14)18(22)9-11-20(23)21-13-16-7-5-4-6-15(16)2/h4-8,10,12H,9,11,13H2,1-3H3,(H,21,23). The van der Waals surface area contributed by atoms with Crippen LogP contribution >= 0.6 is 0 Å². The largest absolute Gasteiger partial charge is 0.496 e. The first-order chi connectivity index (χ1) is 11.5. The van der Waals surface area contributed by atoms with Crippen LogP contribution in [0.3, 0.4) is 0 Å². The van der Waals surface area contributed by atoms with Gasteiger partial charge in [0.2, 0.25) is 5.91 Å². The van der Waals surface area contributed by atoms with E-state index in [-0.39, 0.29) is 24.5 Å². The van der Waals surface area contributed by atoms with Crippen molar-refractivity contribution in [3.05, 3.63) is 64.7 Å². The number of hydrogen-bond donors (Lipinski definition) is 1. The molecule has 4 nitrogen and oxygen atoms in total. The number of carbonyl (C=O) groups excluding carboxylic acids is 2. The number of amides is 1. The number of rotatable bonds is 7. The zero-order valence-corrected chi connectivity index (χ0v) is 14.4. The molecule has 2 rings (SSSR count). The molecular formula is C20H23NO3. The van der Waals surface area contributed by atoms with Gasteiger partial charge < -0.3 is 10.1 Å². The van der Waals surface area contributed by atoms with Gasteiger partial charge in [0, 0.05) is 19.4 Å². The molecule has 0 unspecified atom stereocenters. The minimum Gasteiger partial charge on any atom is -0.496 e. The molecular weight excluding hydrogens is 302 g/mol. The van der Waals surface area contributed by atoms with Gasteiger partial charge in [-0.25, -0.2) is 0 Å². The van der Waals surface area contributed by atoms with Gasteiger partial charge in [-0.3, -0.25) is 9.59 Å². The smallest absolute Gasteiger partial charge is 0.220 e. The highest BCUT2D eigenvalue weighted by atomic mass is 16.5. The van der Waals surface area contributed by atoms with Crippen LogP contribution in [0.5, 0.6) is 5.75 Å². The summed E-state index contributed by atoms with van der Waals surface area (Å²) in [5.41, 5.74) is 3.74. The van der Waals surface area contributed by atoms with Gasteiger partial charge in [-0.05, 0) is 37.1 Å². The maximum Gasteiger partial charge on any atom is 0.220 e. The van der Waals surface area contributed by atoms with Crippen LogP contribution in [0.15, 0.2) is 42.5 Å². The van der Waals surface area contributed by atoms with Gasteiger partial charge in [-0.2, -0.15) is 0 Å². The van der Waals surface area contributed by atoms with Gasteiger partial charge in [0.25, 0.3) is 0 Å². The predicted molar refractivity (Wildman–Crippen MR) is 94.3 cm³/mol. The van der Waals surface area contributed by atoms with Crippen LogP contribution in [-0.4, -0.2) is 18.8 Å². The summed E-state index contributed by atoms with van der Waals surface area (Å²) in [4.78, 5) is 24.3. The highest BCUT2D eigenvalue weighted by Gasteiger charge is 2.14. The van der Waals surface area contributed by atoms with Crippen LogP contribution in [0.25, 0.3) is 0 Å². The molecule has 0 aliphatic rings. The Bertz CT molecular complexity index is 737. The summed E-state index contributed by atoms with van der Waals surface area (Å²) in [5, 5.41) is 2.86. The Kier molecular flexibility index (Phi) is 6.13. The maximum absolute atomic E-state index is 12.3. The molecule has 0 saturated carbocycles. The fourth-order valence-corrected chi connectivity index (χ4v) is 2.49. The minimum absolute atomic E-state index is 0.0819. The van der Waals surface area contributed by atoms with Crippen LogP contribution in [0.4, 0.5) is 0 Å². The molecule has 126 valence electrons. The molecule has 0 fully saturated rings. The lowest BCUT2D eigenvalue weighted by atomic mass is 10.0. The van der Waals surface area contributed by atoms with Gasteiger partial charge in [-0.15, -0.1) is 0 Å². The Labute approximate surface area is 142 Å². The second-order valence-corrected chi connectivity index (χ2v) is 5.83. The third kappa shape index (κ3) is 4.69. The fraction of sp³-hybridized carbons (Fsp3) is 0.300. The van der Waals surface area contributed by atoms with Crippen molar-refractivity contribution in [3.8, 4) is 5.75 Å². The Hall–Kier alpha value is -2.62. The highest BCUT2D eigenvalue weighted by Crippen LogP contribution is 2.21. The molecule has 0 aliphatic carbocycles. The van der Waals surface area contributed by atoms with Crippen molar-refractivity contribution in [1.82, 2.24) is 5.32 Å². The number of nitrogens with one attached hydrogen (secondary N) is 1. The molecule has 24 heavy (non-hydrogen) atoms. The van der Waals surface area contributed by atoms with E-state index < -0.39 is 0 Å². The number of methoxy groups -OCH3 is 1. The monoisotopic (exact) mass is 325 g/mol. The summed E-state index contributed by atoms with van der Waals surface area (Å²) >= 11 is 0. The van der Waals surface area contributed by atoms with Crippen LogP contribution in [-0.2, 0) is 11.3 Å². The van der Waals surface area contributed by atoms with E-state index in [1.54, 1.807) is 12.1 Å². The van der Waals surface area contributed by atoms with Crippen molar-refractivity contribution in [2.75, 3.05) is 7.11 Å². The number of benzene rings is 2. The summed E-state index contributed by atoms with van der Waals surface area (Å²) < 4.78 is 5.23. The van der Waals surface area contributed by atoms with Crippen molar-refractivity contribution in [1.29, 1.82) is 0 Å². The van der Waals surface area contributed by atoms with Gasteiger partial charge in [0.05, 0.1) is 12.7 Å². The molecule has 2 aromatic rings. The predicted octanol–water partition coefficient (Wildman–Crippen LogP) is 3.59. The number of ketones is 1. The quantitative estimate of drug-likeness (QED) is 0.792. The molecule has 1 N–H and O–H groups in total. The number of Topliss-reactive ketones (excluding diaryl/α,β-unsaturated/α-hetero) is 1. The van der Waals surface area contributed by atoms with Crippen LogP contribution < -0.4 is 10.1 Å². The first-order valence-electron chi connectivity index (χ1n) is 8.00. The molecule has 0 saturated heterocycles. The van der Waals surface area contributed by atoms with E-state index in [0.29, 0.717) is 17.9 Å². The van der Waals surface area contributed by atoms with Gasteiger partial charge in [-0.1, -0.05) is 35.9 Å². The third-order valence-corrected chi connectivity index (χ3v) is 3.97. The Morgan fingerprint density at radius 2 is 1.79 bits per heavy atom. The van der Waals surface area contributed by atoms with Crippen LogP contribution in [0.1, 0.15) is 39.9 Å². The number of hydrogen-bond acceptors (Lipinski definition) is 3. The summed E-state index contributed by atoms with van der Waals surface area (Å²) in [6.45, 7) is 4.41. The Morgan fingerprint density at radius 1 is 1.04 bits per heavy atom. The van der Waals surface area contributed by atoms with Crippen LogP contribution in [0.2, 0.25) is 0 Å². The van der Waals surface area contributed by atoms with Crippen molar-refractivity contribution in [2.45, 2.75) is 33.2 Å². The zero-order valence-electron chi connectivity index (χ0n) is 14.4. The van der Waals surface area contributed by atoms with E-state index in [1.807, 2.05) is 44.2 Å². The van der Waals surface area contributed by atoms with Gasteiger partial charge >= 0.3 is 0 Å². The summed E-state index contributed by atoms with van der Waals surface area (Å²) in [7, 11) is 1.54. The van der Waals surface area contributed by atoms with Gasteiger partial charge in [0.1, 0.15) is 5.75 Å². The van der Waals surface area contributed by atoms with E-state index in [9.17, 15) is 9.59 Å². The highest BCUT2D eigenvalue weighted by molar-refractivity contribution is 6.00. The van der Waals surface area contributed by atoms with E-state index in [0.717, 1.165) is 16.7 Å². The lowest BCUT2D eigenvalue weighted by Gasteiger charge is -2.10. The van der Waals surface area contributed by atoms with Crippen LogP contribution in [0, 0.1) is 13.8 Å². The SMILES string of the molecule is COc1ccc(C)cc1C(=O)CCC(=O)NCc1ccccc1C. The second-order valence-electron chi connectivity index (χ2n) is 5.83. The zero-order chi connectivity index (χ0) is 17.5. The second kappa shape index (κ2) is 8.29. The maximum atomic E-state index is 12.3. The molecule has 0 atom stereocenters. The molecule has 0 bridgehead atoms. The van der Waals surface area contributed by atoms with E-state index in [1.165, 1.54) is 7.11 Å². The fourth-order valence-electron chi connectivity index (χ4n) is 2.49. The molecule has 4 heteroatoms. The molecule has 2 aromatic carbocycles. The minimum atomic E-state index is -0.127. The van der Waals surface area contributed by atoms with Crippen molar-refractivity contribution >= 4 is 11.7 Å². The van der Waals surface area contributed by atoms with E-state index >= 15 is 0 Å². The Balaban J connectivity index is 1.89. The number of carbonyl (C=O) groups is 2. The number of ether oxygens (including phenoxy) is 1. The third-order valence-electron chi connectivity index (χ3n) is 3.97. The first-order valence-corrected chi connectivity index (χ1v) is 8.00. The van der Waals surface area contributed by atoms with E-state index in [2.05, 4.69) is 5.32 Å². The summed E-state index contributed by atoms with van der Waals surface area (Å²) in [5.74, 6) is 0.339. The van der Waals surface area contributed by atoms with Gasteiger partial charge in [0.15, 0.2) is 5.78 Å². The van der Waals surface area contributed by atoms with E-state index in [4.69, 9.17) is 4.74 Å². The molecule has 0 aliphatic heterocycles. The van der Waals surface area contributed by atoms with Crippen molar-refractivity contribution in [2.24, 2.45) is 0 Å². The lowest BCUT2D eigenvalue weighted by molar-refractivity contribution is -0.121. The molecule has 0 heterocycles. The first kappa shape index (κ1) is 17.7. The average molecular weight is 325 g/mol. The molecule has 1 amide bonds. The number of aryl methyl sites for hydroxylation is 2. The molecule has 0 spiro atoms. The lowest BCUT2D eigenvalue weighted by Crippen LogP contribution is -2.23. The molecule has 0 aromatic heterocycles. The topological polar surface area (TPSA) is 55.4 Å². The van der Waals surface area contributed by atoms with Crippen molar-refractivity contribution in [3.63, 3.8) is 0 Å². The molecule has 0 radical (unpaired) electrons. The summed E-state index contributed by atoms with van der Waals surface area (Å²) in [6, 6.07) is 13.4.